The minimum Gasteiger partial charge on any atom is -0.496 e. The fraction of sp³-hybridized carbons (Fsp3) is 0.516. The van der Waals surface area contributed by atoms with E-state index in [2.05, 4.69) is 43.4 Å². The summed E-state index contributed by atoms with van der Waals surface area (Å²) < 4.78 is 33.1. The molecule has 2 atom stereocenters. The maximum Gasteiger partial charge on any atom is 0.303 e. The van der Waals surface area contributed by atoms with Crippen molar-refractivity contribution in [3.05, 3.63) is 69.1 Å². The summed E-state index contributed by atoms with van der Waals surface area (Å²) in [7, 11) is -0.763. The lowest BCUT2D eigenvalue weighted by Crippen LogP contribution is -2.48. The van der Waals surface area contributed by atoms with Crippen LogP contribution in [0.25, 0.3) is 5.57 Å². The van der Waals surface area contributed by atoms with Gasteiger partial charge in [-0.1, -0.05) is 53.7 Å². The number of aliphatic hydroxyl groups excluding tert-OH is 1. The fourth-order valence-electron chi connectivity index (χ4n) is 5.92. The zero-order chi connectivity index (χ0) is 30.7. The molecule has 1 heterocycles. The Kier molecular flexibility index (Phi) is 10.7. The molecule has 8 nitrogen and oxygen atoms in total. The van der Waals surface area contributed by atoms with E-state index in [0.29, 0.717) is 21.6 Å². The van der Waals surface area contributed by atoms with Gasteiger partial charge in [0, 0.05) is 38.5 Å². The summed E-state index contributed by atoms with van der Waals surface area (Å²) >= 11 is 7.64. The smallest absolute Gasteiger partial charge is 0.303 e. The largest absolute Gasteiger partial charge is 0.496 e. The van der Waals surface area contributed by atoms with Gasteiger partial charge in [0.1, 0.15) is 10.3 Å². The van der Waals surface area contributed by atoms with Crippen LogP contribution in [-0.2, 0) is 34.1 Å². The third kappa shape index (κ3) is 8.09. The predicted octanol–water partition coefficient (Wildman–Crippen LogP) is 4.88. The van der Waals surface area contributed by atoms with Crippen molar-refractivity contribution in [3.8, 4) is 5.75 Å². The van der Waals surface area contributed by atoms with Gasteiger partial charge in [0.05, 0.1) is 17.6 Å². The molecule has 1 aliphatic heterocycles. The second-order valence-corrected chi connectivity index (χ2v) is 16.3. The monoisotopic (exact) mass is 636 g/mol. The number of aryl methyl sites for hydroxylation is 1. The maximum atomic E-state index is 13.5. The molecule has 0 aromatic heterocycles. The highest BCUT2D eigenvalue weighted by Crippen LogP contribution is 2.48. The number of halogens is 1. The number of thioether (sulfide) groups is 1. The van der Waals surface area contributed by atoms with Crippen LogP contribution in [0, 0.1) is 5.92 Å². The van der Waals surface area contributed by atoms with Crippen molar-refractivity contribution in [2.45, 2.75) is 68.6 Å². The number of aliphatic hydroxyl groups is 1. The SMILES string of the molecule is COc1ccc(C2=C(Cl)SC(S(=O)(=O)N(C)C[C@H](O)CNC(C)(C)CC3Cc4ccccc4C3)C2)cc1CCC(=O)O. The van der Waals surface area contributed by atoms with Crippen molar-refractivity contribution < 1.29 is 28.2 Å². The number of nitrogens with one attached hydrogen (secondary N) is 1. The molecule has 0 amide bonds. The molecule has 230 valence electrons. The van der Waals surface area contributed by atoms with Crippen LogP contribution in [0.5, 0.6) is 5.75 Å². The number of ether oxygens (including phenoxy) is 1. The maximum absolute atomic E-state index is 13.5. The molecule has 1 aliphatic carbocycles. The number of carboxylic acids is 1. The molecule has 11 heteroatoms. The molecular formula is C31H41ClN2O6S2. The summed E-state index contributed by atoms with van der Waals surface area (Å²) in [6, 6.07) is 13.9. The van der Waals surface area contributed by atoms with E-state index < -0.39 is 26.7 Å². The van der Waals surface area contributed by atoms with E-state index in [1.54, 1.807) is 6.07 Å². The normalized spacial score (nSPS) is 18.5. The van der Waals surface area contributed by atoms with Gasteiger partial charge in [-0.3, -0.25) is 4.79 Å². The number of aliphatic carboxylic acids is 1. The molecule has 4 rings (SSSR count). The molecule has 2 aromatic carbocycles. The minimum absolute atomic E-state index is 0.0355. The Morgan fingerprint density at radius 2 is 1.86 bits per heavy atom. The van der Waals surface area contributed by atoms with E-state index in [9.17, 15) is 18.3 Å². The van der Waals surface area contributed by atoms with Crippen LogP contribution < -0.4 is 10.1 Å². The average molecular weight is 637 g/mol. The topological polar surface area (TPSA) is 116 Å². The summed E-state index contributed by atoms with van der Waals surface area (Å²) in [6.07, 6.45) is 2.63. The van der Waals surface area contributed by atoms with E-state index in [0.717, 1.165) is 42.2 Å². The second-order valence-electron chi connectivity index (χ2n) is 11.9. The number of nitrogens with zero attached hydrogens (tertiary/aromatic N) is 1. The van der Waals surface area contributed by atoms with Crippen LogP contribution in [0.4, 0.5) is 0 Å². The summed E-state index contributed by atoms with van der Waals surface area (Å²) in [5, 5.41) is 23.3. The van der Waals surface area contributed by atoms with Gasteiger partial charge >= 0.3 is 5.97 Å². The Labute approximate surface area is 258 Å². The summed E-state index contributed by atoms with van der Waals surface area (Å²) in [6.45, 7) is 4.49. The zero-order valence-corrected chi connectivity index (χ0v) is 27.0. The second kappa shape index (κ2) is 13.7. The number of benzene rings is 2. The highest BCUT2D eigenvalue weighted by molar-refractivity contribution is 8.16. The number of carboxylic acid groups (broad SMARTS) is 1. The van der Waals surface area contributed by atoms with Crippen molar-refractivity contribution in [1.29, 1.82) is 0 Å². The van der Waals surface area contributed by atoms with Gasteiger partial charge < -0.3 is 20.3 Å². The van der Waals surface area contributed by atoms with E-state index in [4.69, 9.17) is 21.4 Å². The number of hydrogen-bond donors (Lipinski definition) is 3. The van der Waals surface area contributed by atoms with Crippen LogP contribution in [0.15, 0.2) is 46.8 Å². The Balaban J connectivity index is 1.31. The molecule has 0 fully saturated rings. The molecule has 0 radical (unpaired) electrons. The van der Waals surface area contributed by atoms with Crippen molar-refractivity contribution in [1.82, 2.24) is 9.62 Å². The van der Waals surface area contributed by atoms with E-state index >= 15 is 0 Å². The third-order valence-electron chi connectivity index (χ3n) is 8.07. The molecule has 0 saturated carbocycles. The third-order valence-corrected chi connectivity index (χ3v) is 12.3. The Bertz CT molecular complexity index is 1400. The molecule has 0 spiro atoms. The Hall–Kier alpha value is -2.08. The lowest BCUT2D eigenvalue weighted by Gasteiger charge is -2.31. The summed E-state index contributed by atoms with van der Waals surface area (Å²) in [5.41, 5.74) is 4.78. The van der Waals surface area contributed by atoms with E-state index in [1.165, 1.54) is 29.6 Å². The number of carbonyl (C=O) groups is 1. The number of allylic oxidation sites excluding steroid dienone is 1. The number of rotatable bonds is 14. The lowest BCUT2D eigenvalue weighted by atomic mass is 9.88. The first-order valence-electron chi connectivity index (χ1n) is 14.2. The van der Waals surface area contributed by atoms with Crippen molar-refractivity contribution in [3.63, 3.8) is 0 Å². The number of sulfonamides is 1. The van der Waals surface area contributed by atoms with Crippen LogP contribution in [0.1, 0.15) is 55.4 Å². The zero-order valence-electron chi connectivity index (χ0n) is 24.6. The van der Waals surface area contributed by atoms with Crippen molar-refractivity contribution >= 4 is 44.9 Å². The van der Waals surface area contributed by atoms with Crippen LogP contribution >= 0.6 is 23.4 Å². The quantitative estimate of drug-likeness (QED) is 0.269. The minimum atomic E-state index is -3.78. The Morgan fingerprint density at radius 3 is 2.48 bits per heavy atom. The average Bonchev–Trinajstić information content (AvgIpc) is 3.53. The van der Waals surface area contributed by atoms with Gasteiger partial charge in [-0.2, -0.15) is 0 Å². The molecule has 0 bridgehead atoms. The van der Waals surface area contributed by atoms with Gasteiger partial charge in [0.2, 0.25) is 10.0 Å². The first kappa shape index (κ1) is 32.8. The van der Waals surface area contributed by atoms with Crippen LogP contribution in [0.2, 0.25) is 0 Å². The fourth-order valence-corrected chi connectivity index (χ4v) is 9.79. The number of methoxy groups -OCH3 is 1. The highest BCUT2D eigenvalue weighted by Gasteiger charge is 2.38. The molecule has 0 saturated heterocycles. The highest BCUT2D eigenvalue weighted by atomic mass is 35.5. The van der Waals surface area contributed by atoms with Crippen molar-refractivity contribution in [2.24, 2.45) is 5.92 Å². The Morgan fingerprint density at radius 1 is 1.19 bits per heavy atom. The molecule has 1 unspecified atom stereocenters. The van der Waals surface area contributed by atoms with Gasteiger partial charge in [-0.15, -0.1) is 0 Å². The van der Waals surface area contributed by atoms with Crippen LogP contribution in [0.3, 0.4) is 0 Å². The van der Waals surface area contributed by atoms with E-state index in [-0.39, 0.29) is 37.9 Å². The predicted molar refractivity (Wildman–Crippen MR) is 169 cm³/mol. The standard InChI is InChI=1S/C31H41ClN2O6S2/c1-31(2,17-20-13-21-7-5-6-8-22(21)14-20)33-18-25(35)19-34(3)42(38,39)29-16-26(30(32)41-29)23-9-11-27(40-4)24(15-23)10-12-28(36)37/h5-9,11,15,20,25,29,33,35H,10,12-14,16-19H2,1-4H3,(H,36,37)/t25-,29?/m1/s1. The van der Waals surface area contributed by atoms with Gasteiger partial charge in [0.15, 0.2) is 0 Å². The number of fused-ring (bicyclic) bond motifs is 1. The lowest BCUT2D eigenvalue weighted by molar-refractivity contribution is -0.136. The summed E-state index contributed by atoms with van der Waals surface area (Å²) in [4.78, 5) is 11.1. The van der Waals surface area contributed by atoms with Gasteiger partial charge in [-0.25, -0.2) is 12.7 Å². The molecule has 2 aliphatic rings. The first-order chi connectivity index (χ1) is 19.8. The summed E-state index contributed by atoms with van der Waals surface area (Å²) in [5.74, 6) is 0.200. The van der Waals surface area contributed by atoms with Crippen molar-refractivity contribution in [2.75, 3.05) is 27.2 Å². The number of hydrogen-bond acceptors (Lipinski definition) is 7. The molecule has 2 aromatic rings. The molecule has 3 N–H and O–H groups in total. The molecule has 42 heavy (non-hydrogen) atoms. The van der Waals surface area contributed by atoms with E-state index in [1.807, 2.05) is 12.1 Å². The number of β-amino-alcohol motifs (C(OH)–C–C–N with tert-alkyl or cyclic N) is 1. The first-order valence-corrected chi connectivity index (χ1v) is 16.9. The van der Waals surface area contributed by atoms with Gasteiger partial charge in [0.25, 0.3) is 0 Å². The molecular weight excluding hydrogens is 596 g/mol. The van der Waals surface area contributed by atoms with Gasteiger partial charge in [-0.05, 0) is 85.4 Å². The van der Waals surface area contributed by atoms with Crippen LogP contribution in [-0.4, -0.2) is 72.4 Å². The number of likely N-dealkylation sites (N-methyl/N-ethyl adjacent to an activating group) is 1.